The van der Waals surface area contributed by atoms with Gasteiger partial charge in [0.1, 0.15) is 11.8 Å². The van der Waals surface area contributed by atoms with Gasteiger partial charge < -0.3 is 24.5 Å². The molecule has 0 bridgehead atoms. The highest BCUT2D eigenvalue weighted by Crippen LogP contribution is 2.38. The van der Waals surface area contributed by atoms with Gasteiger partial charge >= 0.3 is 5.97 Å². The Balaban J connectivity index is 1.28. The molecule has 47 heavy (non-hydrogen) atoms. The average Bonchev–Trinajstić information content (AvgIpc) is 3.75. The van der Waals surface area contributed by atoms with Crippen LogP contribution in [0.15, 0.2) is 47.1 Å². The Bertz CT molecular complexity index is 1680. The van der Waals surface area contributed by atoms with E-state index >= 15 is 0 Å². The number of ketones is 1. The number of hydrogen-bond donors (Lipinski definition) is 2. The summed E-state index contributed by atoms with van der Waals surface area (Å²) in [4.78, 5) is 58.0. The number of rotatable bonds is 10. The topological polar surface area (TPSA) is 133 Å². The third-order valence-electron chi connectivity index (χ3n) is 9.60. The van der Waals surface area contributed by atoms with Crippen molar-refractivity contribution >= 4 is 63.4 Å². The van der Waals surface area contributed by atoms with Gasteiger partial charge in [0.2, 0.25) is 11.8 Å². The lowest BCUT2D eigenvalue weighted by molar-refractivity contribution is -0.258. The Labute approximate surface area is 282 Å². The van der Waals surface area contributed by atoms with Crippen LogP contribution in [-0.4, -0.2) is 95.1 Å². The van der Waals surface area contributed by atoms with Crippen LogP contribution in [0.2, 0.25) is 10.0 Å². The number of aliphatic carboxylic acids is 1. The maximum Gasteiger partial charge on any atom is 0.306 e. The zero-order valence-corrected chi connectivity index (χ0v) is 27.7. The molecule has 11 nitrogen and oxygen atoms in total. The van der Waals surface area contributed by atoms with Crippen LogP contribution >= 0.6 is 23.2 Å². The van der Waals surface area contributed by atoms with Crippen molar-refractivity contribution in [3.63, 3.8) is 0 Å². The molecule has 1 aromatic heterocycles. The number of likely N-dealkylation sites (N-methyl/N-ethyl adjacent to an activating group) is 1. The number of amides is 2. The summed E-state index contributed by atoms with van der Waals surface area (Å²) in [6.45, 7) is 2.09. The Morgan fingerprint density at radius 2 is 1.72 bits per heavy atom. The van der Waals surface area contributed by atoms with Gasteiger partial charge in [-0.1, -0.05) is 41.4 Å². The molecule has 0 radical (unpaired) electrons. The molecule has 3 aliphatic rings. The van der Waals surface area contributed by atoms with Gasteiger partial charge in [0, 0.05) is 50.1 Å². The number of hydrogen-bond acceptors (Lipinski definition) is 8. The maximum atomic E-state index is 14.8. The zero-order chi connectivity index (χ0) is 33.3. The summed E-state index contributed by atoms with van der Waals surface area (Å²) >= 11 is 13.4. The molecule has 2 aliphatic heterocycles. The Morgan fingerprint density at radius 3 is 2.43 bits per heavy atom. The second kappa shape index (κ2) is 13.9. The predicted octanol–water partition coefficient (Wildman–Crippen LogP) is 5.29. The van der Waals surface area contributed by atoms with Crippen LogP contribution in [0, 0.1) is 5.92 Å². The number of carbonyl (C=O) groups is 4. The van der Waals surface area contributed by atoms with E-state index in [1.165, 1.54) is 12.3 Å². The molecule has 2 aromatic carbocycles. The molecular weight excluding hydrogens is 647 g/mol. The number of halogens is 2. The van der Waals surface area contributed by atoms with E-state index in [0.29, 0.717) is 74.0 Å². The molecule has 2 amide bonds. The highest BCUT2D eigenvalue weighted by Gasteiger charge is 2.54. The number of carboxylic acids is 1. The highest BCUT2D eigenvalue weighted by atomic mass is 35.5. The first kappa shape index (κ1) is 33.4. The van der Waals surface area contributed by atoms with Gasteiger partial charge in [0.05, 0.1) is 34.8 Å². The van der Waals surface area contributed by atoms with Crippen LogP contribution in [0.3, 0.4) is 0 Å². The van der Waals surface area contributed by atoms with Crippen LogP contribution in [-0.2, 0) is 25.5 Å². The molecule has 3 heterocycles. The van der Waals surface area contributed by atoms with Crippen molar-refractivity contribution in [2.75, 3.05) is 45.1 Å². The van der Waals surface area contributed by atoms with Crippen molar-refractivity contribution < 1.29 is 33.4 Å². The van der Waals surface area contributed by atoms with Gasteiger partial charge in [-0.05, 0) is 62.3 Å². The summed E-state index contributed by atoms with van der Waals surface area (Å²) in [6.07, 6.45) is 4.53. The van der Waals surface area contributed by atoms with Gasteiger partial charge in [-0.2, -0.15) is 0 Å². The molecule has 1 unspecified atom stereocenters. The number of carboxylic acid groups (broad SMARTS) is 1. The number of nitrogens with zero attached hydrogens (tertiary/aromatic N) is 3. The Kier molecular flexibility index (Phi) is 9.91. The molecule has 3 aromatic rings. The van der Waals surface area contributed by atoms with Crippen molar-refractivity contribution in [1.82, 2.24) is 14.7 Å². The smallest absolute Gasteiger partial charge is 0.306 e. The van der Waals surface area contributed by atoms with E-state index in [2.05, 4.69) is 5.32 Å². The minimum Gasteiger partial charge on any atom is -0.481 e. The van der Waals surface area contributed by atoms with Gasteiger partial charge in [-0.25, -0.2) is 4.90 Å². The van der Waals surface area contributed by atoms with Crippen LogP contribution in [0.4, 0.5) is 5.69 Å². The molecule has 250 valence electrons. The third kappa shape index (κ3) is 6.77. The largest absolute Gasteiger partial charge is 0.481 e. The number of anilines is 1. The number of carbonyl (C=O) groups excluding carboxylic acids is 3. The molecule has 6 rings (SSSR count). The van der Waals surface area contributed by atoms with E-state index in [1.54, 1.807) is 30.1 Å². The van der Waals surface area contributed by atoms with Crippen molar-refractivity contribution in [3.05, 3.63) is 63.8 Å². The van der Waals surface area contributed by atoms with Gasteiger partial charge in [0.25, 0.3) is 5.91 Å². The van der Waals surface area contributed by atoms with E-state index in [9.17, 15) is 24.3 Å². The van der Waals surface area contributed by atoms with E-state index in [0.717, 1.165) is 12.8 Å². The molecule has 1 saturated carbocycles. The first-order chi connectivity index (χ1) is 22.6. The van der Waals surface area contributed by atoms with E-state index in [-0.39, 0.29) is 46.5 Å². The first-order valence-corrected chi connectivity index (χ1v) is 16.8. The lowest BCUT2D eigenvalue weighted by Gasteiger charge is -2.51. The standard InChI is InChI=1S/C34H38Cl2N4O7/c1-38-14-15-40(19-31(38)42)34(39-12-4-5-13-39,47-23-10-8-21(9-11-23)33(44)45)30(41)17-22-16-27(36)28(18-26(22)35)37-32(43)25-20-46-29-7-3-2-6-24(25)29/h2-3,6-7,16,18,20-21,23H,4-5,8-15,17,19H2,1H3,(H,37,43)(H,44,45). The van der Waals surface area contributed by atoms with Crippen LogP contribution in [0.1, 0.15) is 54.4 Å². The highest BCUT2D eigenvalue weighted by molar-refractivity contribution is 6.36. The van der Waals surface area contributed by atoms with Crippen molar-refractivity contribution in [2.45, 2.75) is 56.9 Å². The van der Waals surface area contributed by atoms with Crippen molar-refractivity contribution in [3.8, 4) is 0 Å². The summed E-state index contributed by atoms with van der Waals surface area (Å²) in [5.41, 5.74) is 1.66. The summed E-state index contributed by atoms with van der Waals surface area (Å²) in [5.74, 6) is -3.62. The molecule has 0 spiro atoms. The van der Waals surface area contributed by atoms with E-state index in [4.69, 9.17) is 32.4 Å². The number of fused-ring (bicyclic) bond motifs is 1. The maximum absolute atomic E-state index is 14.8. The van der Waals surface area contributed by atoms with Crippen LogP contribution < -0.4 is 5.32 Å². The molecule has 1 aliphatic carbocycles. The van der Waals surface area contributed by atoms with E-state index in [1.807, 2.05) is 21.9 Å². The molecule has 2 N–H and O–H groups in total. The lowest BCUT2D eigenvalue weighted by Crippen LogP contribution is -2.71. The lowest BCUT2D eigenvalue weighted by atomic mass is 9.87. The number of nitrogens with one attached hydrogen (secondary N) is 1. The monoisotopic (exact) mass is 684 g/mol. The Hall–Kier alpha value is -3.48. The molecular formula is C34H38Cl2N4O7. The van der Waals surface area contributed by atoms with Crippen molar-refractivity contribution in [1.29, 1.82) is 0 Å². The van der Waals surface area contributed by atoms with Crippen LogP contribution in [0.25, 0.3) is 11.0 Å². The van der Waals surface area contributed by atoms with Gasteiger partial charge in [0.15, 0.2) is 5.78 Å². The normalized spacial score (nSPS) is 22.4. The summed E-state index contributed by atoms with van der Waals surface area (Å²) in [5, 5.41) is 13.4. The fourth-order valence-corrected chi connectivity index (χ4v) is 7.38. The fourth-order valence-electron chi connectivity index (χ4n) is 6.92. The molecule has 13 heteroatoms. The third-order valence-corrected chi connectivity index (χ3v) is 10.3. The molecule has 3 fully saturated rings. The summed E-state index contributed by atoms with van der Waals surface area (Å²) in [7, 11) is 1.74. The quantitative estimate of drug-likeness (QED) is 0.292. The number of benzene rings is 2. The second-order valence-electron chi connectivity index (χ2n) is 12.6. The SMILES string of the molecule is CN1CCN(C(OC2CCC(C(=O)O)CC2)(C(=O)Cc2cc(Cl)c(NC(=O)c3coc4ccccc34)cc2Cl)N2CCCC2)CC1=O. The number of likely N-dealkylation sites (tertiary alicyclic amines) is 1. The van der Waals surface area contributed by atoms with E-state index < -0.39 is 23.6 Å². The average molecular weight is 686 g/mol. The predicted molar refractivity (Wildman–Crippen MR) is 177 cm³/mol. The Morgan fingerprint density at radius 1 is 1.00 bits per heavy atom. The molecule has 2 saturated heterocycles. The number of ether oxygens (including phenoxy) is 1. The minimum atomic E-state index is -1.54. The number of Topliss-reactive ketones (excluding diaryl/α,β-unsaturated/α-hetero) is 1. The summed E-state index contributed by atoms with van der Waals surface area (Å²) < 4.78 is 12.4. The van der Waals surface area contributed by atoms with Gasteiger partial charge in [-0.3, -0.25) is 24.1 Å². The molecule has 1 atom stereocenters. The first-order valence-electron chi connectivity index (χ1n) is 16.0. The second-order valence-corrected chi connectivity index (χ2v) is 13.4. The summed E-state index contributed by atoms with van der Waals surface area (Å²) in [6, 6.07) is 10.3. The number of piperazine rings is 1. The minimum absolute atomic E-state index is 0.00532. The number of furan rings is 1. The zero-order valence-electron chi connectivity index (χ0n) is 26.2. The van der Waals surface area contributed by atoms with Crippen molar-refractivity contribution in [2.24, 2.45) is 5.92 Å². The number of para-hydroxylation sites is 1. The fraction of sp³-hybridized carbons (Fsp3) is 0.471. The van der Waals surface area contributed by atoms with Crippen LogP contribution in [0.5, 0.6) is 0 Å². The van der Waals surface area contributed by atoms with Gasteiger partial charge in [-0.15, -0.1) is 0 Å².